The molecule has 0 atom stereocenters. The third-order valence-corrected chi connectivity index (χ3v) is 5.07. The third-order valence-electron chi connectivity index (χ3n) is 3.54. The molecule has 22 heavy (non-hydrogen) atoms. The zero-order valence-electron chi connectivity index (χ0n) is 11.5. The fraction of sp³-hybridized carbons (Fsp3) is 0.250. The molecule has 0 amide bonds. The number of nitrogens with zero attached hydrogens (tertiary/aromatic N) is 1. The van der Waals surface area contributed by atoms with Crippen molar-refractivity contribution in [1.29, 1.82) is 0 Å². The number of halogens is 4. The van der Waals surface area contributed by atoms with E-state index in [4.69, 9.17) is 0 Å². The second-order valence-electron chi connectivity index (χ2n) is 5.14. The van der Waals surface area contributed by atoms with Crippen LogP contribution < -0.4 is 0 Å². The van der Waals surface area contributed by atoms with E-state index in [1.54, 1.807) is 6.07 Å². The van der Waals surface area contributed by atoms with E-state index in [1.165, 1.54) is 35.2 Å². The lowest BCUT2D eigenvalue weighted by Gasteiger charge is -2.27. The minimum absolute atomic E-state index is 0.598. The molecule has 0 fully saturated rings. The number of alkyl halides is 3. The van der Waals surface area contributed by atoms with Crippen LogP contribution in [0.1, 0.15) is 16.7 Å². The summed E-state index contributed by atoms with van der Waals surface area (Å²) in [7, 11) is 0. The van der Waals surface area contributed by atoms with Gasteiger partial charge in [0.15, 0.2) is 0 Å². The van der Waals surface area contributed by atoms with E-state index in [2.05, 4.69) is 32.4 Å². The molecule has 0 bridgehead atoms. The van der Waals surface area contributed by atoms with Crippen molar-refractivity contribution in [3.05, 3.63) is 63.6 Å². The molecule has 1 heterocycles. The average Bonchev–Trinajstić information content (AvgIpc) is 2.47. The summed E-state index contributed by atoms with van der Waals surface area (Å²) in [5.74, 6) is 0. The molecule has 0 unspecified atom stereocenters. The van der Waals surface area contributed by atoms with Crippen LogP contribution in [0.3, 0.4) is 0 Å². The van der Waals surface area contributed by atoms with Crippen molar-refractivity contribution in [3.63, 3.8) is 0 Å². The van der Waals surface area contributed by atoms with Crippen LogP contribution in [-0.2, 0) is 19.1 Å². The minimum atomic E-state index is -4.29. The zero-order chi connectivity index (χ0) is 15.7. The molecule has 0 aliphatic carbocycles. The fourth-order valence-corrected chi connectivity index (χ4v) is 3.86. The Balaban J connectivity index is 1.74. The first kappa shape index (κ1) is 15.9. The lowest BCUT2D eigenvalue weighted by atomic mass is 10.0. The third kappa shape index (κ3) is 3.67. The van der Waals surface area contributed by atoms with Gasteiger partial charge in [-0.25, -0.2) is 4.31 Å². The zero-order valence-corrected chi connectivity index (χ0v) is 13.9. The summed E-state index contributed by atoms with van der Waals surface area (Å²) in [6.07, 6.45) is -3.39. The Morgan fingerprint density at radius 2 is 1.86 bits per heavy atom. The summed E-state index contributed by atoms with van der Waals surface area (Å²) in [5.41, 5.74) is 1.93. The van der Waals surface area contributed by atoms with Gasteiger partial charge in [-0.05, 0) is 59.8 Å². The predicted molar refractivity (Wildman–Crippen MR) is 85.6 cm³/mol. The van der Waals surface area contributed by atoms with Crippen molar-refractivity contribution in [2.24, 2.45) is 0 Å². The first-order chi connectivity index (χ1) is 10.4. The topological polar surface area (TPSA) is 3.24 Å². The highest BCUT2D eigenvalue weighted by Gasteiger charge is 2.30. The first-order valence-corrected chi connectivity index (χ1v) is 8.36. The van der Waals surface area contributed by atoms with Gasteiger partial charge in [0.1, 0.15) is 0 Å². The molecule has 0 saturated carbocycles. The molecule has 2 aromatic carbocycles. The van der Waals surface area contributed by atoms with Crippen LogP contribution in [0, 0.1) is 0 Å². The number of hydrogen-bond acceptors (Lipinski definition) is 2. The van der Waals surface area contributed by atoms with Crippen LogP contribution in [0.2, 0.25) is 0 Å². The van der Waals surface area contributed by atoms with E-state index in [1.807, 2.05) is 6.07 Å². The van der Waals surface area contributed by atoms with Crippen LogP contribution in [0.25, 0.3) is 0 Å². The predicted octanol–water partition coefficient (Wildman–Crippen LogP) is 5.53. The average molecular weight is 388 g/mol. The smallest absolute Gasteiger partial charge is 0.242 e. The van der Waals surface area contributed by atoms with Crippen LogP contribution in [0.4, 0.5) is 13.2 Å². The minimum Gasteiger partial charge on any atom is -0.242 e. The van der Waals surface area contributed by atoms with Gasteiger partial charge in [-0.15, -0.1) is 0 Å². The molecular formula is C16H13BrF3NS. The Morgan fingerprint density at radius 1 is 1.05 bits per heavy atom. The molecule has 0 saturated heterocycles. The largest absolute Gasteiger partial charge is 0.416 e. The van der Waals surface area contributed by atoms with Crippen molar-refractivity contribution in [1.82, 2.24) is 4.31 Å². The Morgan fingerprint density at radius 3 is 2.64 bits per heavy atom. The Bertz CT molecular complexity index is 687. The van der Waals surface area contributed by atoms with Gasteiger partial charge in [0.05, 0.1) is 5.56 Å². The van der Waals surface area contributed by atoms with Crippen LogP contribution in [0.15, 0.2) is 51.8 Å². The maximum Gasteiger partial charge on any atom is 0.416 e. The number of rotatable bonds is 2. The second-order valence-corrected chi connectivity index (χ2v) is 7.23. The highest BCUT2D eigenvalue weighted by molar-refractivity contribution is 9.10. The molecular weight excluding hydrogens is 375 g/mol. The Kier molecular flexibility index (Phi) is 4.52. The monoisotopic (exact) mass is 387 g/mol. The van der Waals surface area contributed by atoms with E-state index in [-0.39, 0.29) is 0 Å². The highest BCUT2D eigenvalue weighted by atomic mass is 79.9. The van der Waals surface area contributed by atoms with Crippen molar-refractivity contribution in [3.8, 4) is 0 Å². The molecule has 116 valence electrons. The quantitative estimate of drug-likeness (QED) is 0.622. The molecule has 0 aromatic heterocycles. The van der Waals surface area contributed by atoms with Gasteiger partial charge in [-0.2, -0.15) is 13.2 Å². The normalized spacial score (nSPS) is 15.6. The Labute approximate surface area is 139 Å². The first-order valence-electron chi connectivity index (χ1n) is 6.79. The van der Waals surface area contributed by atoms with Crippen molar-refractivity contribution >= 4 is 27.9 Å². The summed E-state index contributed by atoms with van der Waals surface area (Å²) in [6, 6.07) is 11.7. The number of hydrogen-bond donors (Lipinski definition) is 0. The summed E-state index contributed by atoms with van der Waals surface area (Å²) in [5, 5.41) is 0. The summed E-state index contributed by atoms with van der Waals surface area (Å²) in [4.78, 5) is 0.621. The molecule has 1 aliphatic heterocycles. The molecule has 2 aromatic rings. The summed E-state index contributed by atoms with van der Waals surface area (Å²) < 4.78 is 41.4. The van der Waals surface area contributed by atoms with Gasteiger partial charge in [-0.1, -0.05) is 28.1 Å². The summed E-state index contributed by atoms with van der Waals surface area (Å²) >= 11 is 4.84. The van der Waals surface area contributed by atoms with Gasteiger partial charge in [0, 0.05) is 22.5 Å². The Hall–Kier alpha value is -0.980. The fourth-order valence-electron chi connectivity index (χ4n) is 2.45. The van der Waals surface area contributed by atoms with Gasteiger partial charge in [-0.3, -0.25) is 0 Å². The molecule has 0 radical (unpaired) electrons. The van der Waals surface area contributed by atoms with E-state index < -0.39 is 11.7 Å². The molecule has 1 aliphatic rings. The SMILES string of the molecule is FC(F)(F)c1cccc(SN2CCc3cc(Br)ccc3C2)c1. The van der Waals surface area contributed by atoms with Crippen molar-refractivity contribution in [2.75, 3.05) is 6.54 Å². The van der Waals surface area contributed by atoms with Crippen molar-refractivity contribution in [2.45, 2.75) is 24.0 Å². The standard InChI is InChI=1S/C16H13BrF3NS/c17-14-5-4-12-10-21(7-6-11(12)8-14)22-15-3-1-2-13(9-15)16(18,19)20/h1-5,8-9H,6-7,10H2. The van der Waals surface area contributed by atoms with Gasteiger partial charge in [0.2, 0.25) is 0 Å². The second kappa shape index (κ2) is 6.26. The van der Waals surface area contributed by atoms with Crippen LogP contribution in [-0.4, -0.2) is 10.8 Å². The van der Waals surface area contributed by atoms with E-state index in [0.29, 0.717) is 4.90 Å². The van der Waals surface area contributed by atoms with Gasteiger partial charge >= 0.3 is 6.18 Å². The summed E-state index contributed by atoms with van der Waals surface area (Å²) in [6.45, 7) is 1.56. The van der Waals surface area contributed by atoms with Crippen LogP contribution >= 0.6 is 27.9 Å². The van der Waals surface area contributed by atoms with E-state index in [0.717, 1.165) is 30.0 Å². The lowest BCUT2D eigenvalue weighted by Crippen LogP contribution is -2.24. The van der Waals surface area contributed by atoms with Gasteiger partial charge in [0.25, 0.3) is 0 Å². The van der Waals surface area contributed by atoms with Crippen LogP contribution in [0.5, 0.6) is 0 Å². The molecule has 6 heteroatoms. The van der Waals surface area contributed by atoms with Gasteiger partial charge < -0.3 is 0 Å². The van der Waals surface area contributed by atoms with E-state index in [9.17, 15) is 13.2 Å². The number of benzene rings is 2. The lowest BCUT2D eigenvalue weighted by molar-refractivity contribution is -0.137. The molecule has 3 rings (SSSR count). The van der Waals surface area contributed by atoms with E-state index >= 15 is 0 Å². The maximum absolute atomic E-state index is 12.8. The number of fused-ring (bicyclic) bond motifs is 1. The van der Waals surface area contributed by atoms with Crippen molar-refractivity contribution < 1.29 is 13.2 Å². The maximum atomic E-state index is 12.8. The highest BCUT2D eigenvalue weighted by Crippen LogP contribution is 2.34. The molecule has 1 nitrogen and oxygen atoms in total. The molecule has 0 N–H and O–H groups in total. The molecule has 0 spiro atoms.